The lowest BCUT2D eigenvalue weighted by Crippen LogP contribution is -2.43. The van der Waals surface area contributed by atoms with Gasteiger partial charge in [0, 0.05) is 11.6 Å². The van der Waals surface area contributed by atoms with E-state index in [2.05, 4.69) is 66.0 Å². The molecule has 5 rings (SSSR count). The molecule has 1 aliphatic heterocycles. The fourth-order valence-electron chi connectivity index (χ4n) is 4.28. The van der Waals surface area contributed by atoms with Crippen LogP contribution in [0.25, 0.3) is 5.57 Å². The standard InChI is InChI=1S/C26H27ClN4O/c1-15(2)19-8-11-22-21(14-19)28-24-23(18-4-5-18)29-26(32)30-25(24)31(22)13-12-16(3)17-6-9-20(27)10-7-17/h6-11,14-16H,4-5,12-13H2,1-3H3,(H,29,32)/t16-/m1/s1. The minimum Gasteiger partial charge on any atom is -0.322 e. The Labute approximate surface area is 192 Å². The number of aromatic nitrogens is 2. The third-order valence-electron chi connectivity index (χ3n) is 6.41. The topological polar surface area (TPSA) is 61.4 Å². The molecule has 2 aromatic carbocycles. The molecular weight excluding hydrogens is 420 g/mol. The van der Waals surface area contributed by atoms with Gasteiger partial charge in [-0.2, -0.15) is 4.98 Å². The number of fused-ring (bicyclic) bond motifs is 2. The molecule has 1 saturated carbocycles. The number of benzene rings is 2. The molecule has 6 heteroatoms. The molecule has 0 radical (unpaired) electrons. The Balaban J connectivity index is 1.59. The lowest BCUT2D eigenvalue weighted by molar-refractivity contribution is 0.674. The van der Waals surface area contributed by atoms with Crippen molar-refractivity contribution in [3.63, 3.8) is 0 Å². The Bertz CT molecular complexity index is 1350. The van der Waals surface area contributed by atoms with E-state index in [1.807, 2.05) is 12.1 Å². The van der Waals surface area contributed by atoms with E-state index in [1.54, 1.807) is 0 Å². The van der Waals surface area contributed by atoms with Crippen LogP contribution in [-0.2, 0) is 0 Å². The van der Waals surface area contributed by atoms with E-state index in [0.29, 0.717) is 17.7 Å². The summed E-state index contributed by atoms with van der Waals surface area (Å²) in [7, 11) is 0. The Hall–Kier alpha value is -2.92. The summed E-state index contributed by atoms with van der Waals surface area (Å²) < 4.78 is 0. The average Bonchev–Trinajstić information content (AvgIpc) is 3.61. The van der Waals surface area contributed by atoms with E-state index in [4.69, 9.17) is 16.6 Å². The first-order chi connectivity index (χ1) is 15.4. The summed E-state index contributed by atoms with van der Waals surface area (Å²) in [6, 6.07) is 14.5. The minimum absolute atomic E-state index is 0.314. The molecule has 1 fully saturated rings. The first-order valence-electron chi connectivity index (χ1n) is 11.3. The van der Waals surface area contributed by atoms with Gasteiger partial charge in [0.25, 0.3) is 0 Å². The van der Waals surface area contributed by atoms with Crippen molar-refractivity contribution in [1.29, 1.82) is 0 Å². The number of anilines is 2. The molecule has 2 aliphatic rings. The second-order valence-electron chi connectivity index (χ2n) is 9.10. The third kappa shape index (κ3) is 3.97. The third-order valence-corrected chi connectivity index (χ3v) is 6.66. The highest BCUT2D eigenvalue weighted by Gasteiger charge is 2.25. The molecule has 3 aromatic rings. The summed E-state index contributed by atoms with van der Waals surface area (Å²) in [6.07, 6.45) is 2.93. The molecule has 0 saturated heterocycles. The van der Waals surface area contributed by atoms with Crippen molar-refractivity contribution in [2.24, 2.45) is 4.99 Å². The number of halogens is 1. The number of hydrogen-bond acceptors (Lipinski definition) is 4. The van der Waals surface area contributed by atoms with Crippen molar-refractivity contribution in [3.8, 4) is 0 Å². The van der Waals surface area contributed by atoms with Crippen LogP contribution in [0.15, 0.2) is 52.3 Å². The van der Waals surface area contributed by atoms with Gasteiger partial charge in [0.1, 0.15) is 5.36 Å². The number of nitrogens with one attached hydrogen (secondary N) is 1. The van der Waals surface area contributed by atoms with E-state index in [9.17, 15) is 4.79 Å². The fourth-order valence-corrected chi connectivity index (χ4v) is 4.40. The van der Waals surface area contributed by atoms with Gasteiger partial charge in [-0.1, -0.05) is 50.6 Å². The molecule has 1 atom stereocenters. The van der Waals surface area contributed by atoms with E-state index in [0.717, 1.165) is 52.9 Å². The summed E-state index contributed by atoms with van der Waals surface area (Å²) in [5.74, 6) is 1.42. The largest absolute Gasteiger partial charge is 0.347 e. The highest BCUT2D eigenvalue weighted by atomic mass is 35.5. The molecule has 164 valence electrons. The van der Waals surface area contributed by atoms with Gasteiger partial charge in [-0.05, 0) is 72.1 Å². The summed E-state index contributed by atoms with van der Waals surface area (Å²) >= 11 is 6.06. The van der Waals surface area contributed by atoms with E-state index in [1.165, 1.54) is 16.7 Å². The monoisotopic (exact) mass is 446 g/mol. The zero-order chi connectivity index (χ0) is 22.4. The lowest BCUT2D eigenvalue weighted by atomic mass is 9.97. The van der Waals surface area contributed by atoms with Gasteiger partial charge >= 0.3 is 5.69 Å². The maximum Gasteiger partial charge on any atom is 0.347 e. The van der Waals surface area contributed by atoms with Crippen molar-refractivity contribution in [2.45, 2.75) is 51.9 Å². The van der Waals surface area contributed by atoms with Crippen LogP contribution in [0.4, 0.5) is 17.2 Å². The Kier molecular flexibility index (Phi) is 5.38. The Morgan fingerprint density at radius 2 is 1.78 bits per heavy atom. The predicted molar refractivity (Wildman–Crippen MR) is 130 cm³/mol. The van der Waals surface area contributed by atoms with Crippen LogP contribution in [0.1, 0.15) is 63.0 Å². The van der Waals surface area contributed by atoms with Gasteiger partial charge in [0.2, 0.25) is 0 Å². The van der Waals surface area contributed by atoms with Crippen LogP contribution >= 0.6 is 11.6 Å². The molecule has 0 spiro atoms. The van der Waals surface area contributed by atoms with Gasteiger partial charge in [0.15, 0.2) is 5.82 Å². The molecule has 5 nitrogen and oxygen atoms in total. The van der Waals surface area contributed by atoms with Crippen LogP contribution in [0, 0.1) is 0 Å². The second kappa shape index (κ2) is 8.21. The maximum absolute atomic E-state index is 12.4. The van der Waals surface area contributed by atoms with Crippen LogP contribution in [0.2, 0.25) is 5.02 Å². The number of aromatic amines is 1. The normalized spacial score (nSPS) is 15.3. The molecule has 1 aliphatic carbocycles. The summed E-state index contributed by atoms with van der Waals surface area (Å²) in [4.78, 5) is 26.9. The van der Waals surface area contributed by atoms with Crippen molar-refractivity contribution >= 4 is 34.4 Å². The number of hydrogen-bond donors (Lipinski definition) is 1. The molecule has 32 heavy (non-hydrogen) atoms. The molecular formula is C26H27ClN4O. The molecule has 0 unspecified atom stereocenters. The van der Waals surface area contributed by atoms with Crippen LogP contribution in [0.5, 0.6) is 0 Å². The predicted octanol–water partition coefficient (Wildman–Crippen LogP) is 5.09. The summed E-state index contributed by atoms with van der Waals surface area (Å²) in [5, 5.41) is 2.40. The van der Waals surface area contributed by atoms with Crippen LogP contribution in [-0.4, -0.2) is 16.5 Å². The highest BCUT2D eigenvalue weighted by Crippen LogP contribution is 2.38. The average molecular weight is 447 g/mol. The first-order valence-corrected chi connectivity index (χ1v) is 11.7. The van der Waals surface area contributed by atoms with Gasteiger partial charge in [-0.3, -0.25) is 0 Å². The molecule has 1 aromatic heterocycles. The van der Waals surface area contributed by atoms with Crippen LogP contribution in [0.3, 0.4) is 0 Å². The Morgan fingerprint density at radius 1 is 1.06 bits per heavy atom. The number of H-pyrrole nitrogens is 1. The lowest BCUT2D eigenvalue weighted by Gasteiger charge is -2.29. The highest BCUT2D eigenvalue weighted by molar-refractivity contribution is 6.30. The summed E-state index contributed by atoms with van der Waals surface area (Å²) in [6.45, 7) is 7.34. The smallest absolute Gasteiger partial charge is 0.322 e. The molecule has 0 amide bonds. The quantitative estimate of drug-likeness (QED) is 0.593. The van der Waals surface area contributed by atoms with E-state index < -0.39 is 0 Å². The molecule has 1 N–H and O–H groups in total. The zero-order valence-corrected chi connectivity index (χ0v) is 19.4. The van der Waals surface area contributed by atoms with E-state index >= 15 is 0 Å². The second-order valence-corrected chi connectivity index (χ2v) is 9.54. The van der Waals surface area contributed by atoms with E-state index in [-0.39, 0.29) is 5.69 Å². The van der Waals surface area contributed by atoms with Gasteiger partial charge in [-0.25, -0.2) is 9.79 Å². The SMILES string of the molecule is CC(C)c1ccc2c(c1)N=c1c(nc(=O)[nH]c1=C1CC1)N2CC[C@@H](C)c1ccc(Cl)cc1. The number of nitrogens with zero attached hydrogens (tertiary/aromatic N) is 3. The van der Waals surface area contributed by atoms with Gasteiger partial charge in [-0.15, -0.1) is 0 Å². The maximum atomic E-state index is 12.4. The fraction of sp³-hybridized carbons (Fsp3) is 0.346. The van der Waals surface area contributed by atoms with Crippen molar-refractivity contribution in [3.05, 3.63) is 79.8 Å². The Morgan fingerprint density at radius 3 is 2.47 bits per heavy atom. The zero-order valence-electron chi connectivity index (χ0n) is 18.7. The number of rotatable bonds is 5. The van der Waals surface area contributed by atoms with Crippen LogP contribution < -0.4 is 21.3 Å². The minimum atomic E-state index is -0.314. The van der Waals surface area contributed by atoms with Gasteiger partial charge in [0.05, 0.1) is 16.7 Å². The van der Waals surface area contributed by atoms with Crippen molar-refractivity contribution in [1.82, 2.24) is 9.97 Å². The first kappa shape index (κ1) is 21.0. The van der Waals surface area contributed by atoms with Crippen molar-refractivity contribution < 1.29 is 0 Å². The summed E-state index contributed by atoms with van der Waals surface area (Å²) in [5.41, 5.74) is 5.39. The molecule has 2 heterocycles. The van der Waals surface area contributed by atoms with Gasteiger partial charge < -0.3 is 9.88 Å². The van der Waals surface area contributed by atoms with Crippen molar-refractivity contribution in [2.75, 3.05) is 11.4 Å². The molecule has 0 bridgehead atoms.